The van der Waals surface area contributed by atoms with E-state index in [0.717, 1.165) is 12.8 Å². The van der Waals surface area contributed by atoms with Crippen LogP contribution >= 0.6 is 0 Å². The van der Waals surface area contributed by atoms with Gasteiger partial charge in [-0.25, -0.2) is 0 Å². The summed E-state index contributed by atoms with van der Waals surface area (Å²) < 4.78 is 10.6. The minimum Gasteiger partial charge on any atom is -0.498 e. The van der Waals surface area contributed by atoms with Crippen molar-refractivity contribution in [3.63, 3.8) is 0 Å². The maximum atomic E-state index is 11.2. The van der Waals surface area contributed by atoms with Gasteiger partial charge in [0.1, 0.15) is 6.10 Å². The van der Waals surface area contributed by atoms with Crippen molar-refractivity contribution in [1.82, 2.24) is 0 Å². The van der Waals surface area contributed by atoms with Crippen molar-refractivity contribution in [3.8, 4) is 0 Å². The highest BCUT2D eigenvalue weighted by Gasteiger charge is 2.59. The number of carbonyl (C=O) groups is 1. The summed E-state index contributed by atoms with van der Waals surface area (Å²) in [6.45, 7) is 4.25. The molecule has 0 amide bonds. The lowest BCUT2D eigenvalue weighted by Gasteiger charge is -2.33. The van der Waals surface area contributed by atoms with Gasteiger partial charge in [-0.3, -0.25) is 4.79 Å². The smallest absolute Gasteiger partial charge is 0.306 e. The van der Waals surface area contributed by atoms with Gasteiger partial charge < -0.3 is 9.47 Å². The van der Waals surface area contributed by atoms with Crippen LogP contribution in [0, 0.1) is 17.3 Å². The fraction of sp³-hybridized carbons (Fsp3) is 0.750. The van der Waals surface area contributed by atoms with Crippen LogP contribution in [0.25, 0.3) is 0 Å². The molecular formula is C12H16O3. The molecule has 0 aromatic carbocycles. The predicted molar refractivity (Wildman–Crippen MR) is 53.9 cm³/mol. The number of hydrogen-bond acceptors (Lipinski definition) is 3. The molecule has 3 unspecified atom stereocenters. The first-order chi connectivity index (χ1) is 7.23. The molecule has 3 heteroatoms. The predicted octanol–water partition coefficient (Wildman–Crippen LogP) is 1.88. The zero-order valence-electron chi connectivity index (χ0n) is 8.78. The summed E-state index contributed by atoms with van der Waals surface area (Å²) in [5, 5.41) is 0. The summed E-state index contributed by atoms with van der Waals surface area (Å²) in [4.78, 5) is 11.2. The number of cyclic esters (lactones) is 1. The van der Waals surface area contributed by atoms with E-state index in [1.165, 1.54) is 6.42 Å². The van der Waals surface area contributed by atoms with E-state index in [4.69, 9.17) is 9.47 Å². The third-order valence-electron chi connectivity index (χ3n) is 4.45. The van der Waals surface area contributed by atoms with Crippen LogP contribution in [0.5, 0.6) is 0 Å². The highest BCUT2D eigenvalue weighted by molar-refractivity contribution is 5.72. The first kappa shape index (κ1) is 9.25. The van der Waals surface area contributed by atoms with Crippen LogP contribution in [0.4, 0.5) is 0 Å². The van der Waals surface area contributed by atoms with Crippen LogP contribution in [0.15, 0.2) is 12.8 Å². The Labute approximate surface area is 89.4 Å². The quantitative estimate of drug-likeness (QED) is 0.513. The normalized spacial score (nSPS) is 47.2. The van der Waals surface area contributed by atoms with Crippen molar-refractivity contribution in [3.05, 3.63) is 12.8 Å². The zero-order chi connectivity index (χ0) is 10.5. The van der Waals surface area contributed by atoms with Crippen molar-refractivity contribution in [1.29, 1.82) is 0 Å². The maximum Gasteiger partial charge on any atom is 0.306 e. The van der Waals surface area contributed by atoms with Crippen LogP contribution in [-0.4, -0.2) is 18.7 Å². The molecule has 2 saturated carbocycles. The van der Waals surface area contributed by atoms with Gasteiger partial charge in [0.15, 0.2) is 0 Å². The molecule has 15 heavy (non-hydrogen) atoms. The van der Waals surface area contributed by atoms with E-state index in [1.807, 2.05) is 0 Å². The van der Waals surface area contributed by atoms with Crippen LogP contribution in [0.1, 0.15) is 25.7 Å². The molecule has 82 valence electrons. The molecule has 3 aliphatic rings. The molecule has 3 fully saturated rings. The molecule has 1 aliphatic heterocycles. The lowest BCUT2D eigenvalue weighted by molar-refractivity contribution is -0.137. The highest BCUT2D eigenvalue weighted by Crippen LogP contribution is 2.60. The first-order valence-electron chi connectivity index (χ1n) is 5.65. The van der Waals surface area contributed by atoms with E-state index in [1.54, 1.807) is 6.26 Å². The Balaban J connectivity index is 1.74. The summed E-state index contributed by atoms with van der Waals surface area (Å²) in [6.07, 6.45) is 5.90. The monoisotopic (exact) mass is 208 g/mol. The van der Waals surface area contributed by atoms with Gasteiger partial charge in [-0.1, -0.05) is 6.58 Å². The molecule has 2 aliphatic carbocycles. The molecule has 0 radical (unpaired) electrons. The number of rotatable bonds is 2. The van der Waals surface area contributed by atoms with Crippen LogP contribution in [-0.2, 0) is 14.3 Å². The van der Waals surface area contributed by atoms with Crippen molar-refractivity contribution in [2.24, 2.45) is 17.3 Å². The lowest BCUT2D eigenvalue weighted by Crippen LogP contribution is -2.33. The Bertz CT molecular complexity index is 312. The third-order valence-corrected chi connectivity index (χ3v) is 4.45. The zero-order valence-corrected chi connectivity index (χ0v) is 8.78. The highest BCUT2D eigenvalue weighted by atomic mass is 16.5. The van der Waals surface area contributed by atoms with Gasteiger partial charge in [0.2, 0.25) is 0 Å². The van der Waals surface area contributed by atoms with Crippen molar-refractivity contribution in [2.75, 3.05) is 6.61 Å². The standard InChI is InChI=1S/C12H16O3/c1-2-14-10-4-9-3-8(10)5-12(9)6-11(13)15-7-12/h2,8-10H,1,3-7H2/t8?,9-,10?,12?/m0/s1. The Kier molecular flexibility index (Phi) is 1.85. The minimum atomic E-state index is -0.0104. The van der Waals surface area contributed by atoms with Gasteiger partial charge >= 0.3 is 5.97 Å². The van der Waals surface area contributed by atoms with Gasteiger partial charge in [0.05, 0.1) is 19.3 Å². The van der Waals surface area contributed by atoms with Crippen molar-refractivity contribution >= 4 is 5.97 Å². The molecule has 0 N–H and O–H groups in total. The second-order valence-corrected chi connectivity index (χ2v) is 5.17. The molecule has 0 aromatic rings. The van der Waals surface area contributed by atoms with E-state index >= 15 is 0 Å². The summed E-state index contributed by atoms with van der Waals surface area (Å²) in [6, 6.07) is 0. The topological polar surface area (TPSA) is 35.5 Å². The molecule has 3 nitrogen and oxygen atoms in total. The molecule has 1 heterocycles. The van der Waals surface area contributed by atoms with Gasteiger partial charge in [-0.05, 0) is 31.1 Å². The Morgan fingerprint density at radius 1 is 1.53 bits per heavy atom. The van der Waals surface area contributed by atoms with Gasteiger partial charge in [-0.2, -0.15) is 0 Å². The molecule has 4 atom stereocenters. The van der Waals surface area contributed by atoms with E-state index in [2.05, 4.69) is 6.58 Å². The lowest BCUT2D eigenvalue weighted by atomic mass is 9.72. The second-order valence-electron chi connectivity index (χ2n) is 5.17. The average Bonchev–Trinajstić information content (AvgIpc) is 2.83. The van der Waals surface area contributed by atoms with Crippen LogP contribution in [0.3, 0.4) is 0 Å². The van der Waals surface area contributed by atoms with Crippen LogP contribution < -0.4 is 0 Å². The van der Waals surface area contributed by atoms with E-state index < -0.39 is 0 Å². The molecular weight excluding hydrogens is 192 g/mol. The van der Waals surface area contributed by atoms with Crippen LogP contribution in [0.2, 0.25) is 0 Å². The Morgan fingerprint density at radius 2 is 2.40 bits per heavy atom. The molecule has 1 saturated heterocycles. The fourth-order valence-corrected chi connectivity index (χ4v) is 3.79. The number of fused-ring (bicyclic) bond motifs is 3. The molecule has 1 spiro atoms. The molecule has 0 aromatic heterocycles. The largest absolute Gasteiger partial charge is 0.498 e. The van der Waals surface area contributed by atoms with Crippen molar-refractivity contribution < 1.29 is 14.3 Å². The molecule has 3 rings (SSSR count). The summed E-state index contributed by atoms with van der Waals surface area (Å²) in [5.41, 5.74) is 0.169. The number of esters is 1. The number of carbonyl (C=O) groups excluding carboxylic acids is 1. The second kappa shape index (κ2) is 3.00. The third kappa shape index (κ3) is 1.22. The minimum absolute atomic E-state index is 0.0104. The summed E-state index contributed by atoms with van der Waals surface area (Å²) >= 11 is 0. The van der Waals surface area contributed by atoms with E-state index in [-0.39, 0.29) is 11.4 Å². The van der Waals surface area contributed by atoms with E-state index in [0.29, 0.717) is 31.0 Å². The Hall–Kier alpha value is -0.990. The summed E-state index contributed by atoms with van der Waals surface area (Å²) in [7, 11) is 0. The average molecular weight is 208 g/mol. The maximum absolute atomic E-state index is 11.2. The number of hydrogen-bond donors (Lipinski definition) is 0. The first-order valence-corrected chi connectivity index (χ1v) is 5.65. The SMILES string of the molecule is C=COC1C[C@@H]2CC1CC21COC(=O)C1. The Morgan fingerprint density at radius 3 is 2.93 bits per heavy atom. The number of ether oxygens (including phenoxy) is 2. The van der Waals surface area contributed by atoms with Crippen molar-refractivity contribution in [2.45, 2.75) is 31.8 Å². The van der Waals surface area contributed by atoms with Gasteiger partial charge in [-0.15, -0.1) is 0 Å². The van der Waals surface area contributed by atoms with E-state index in [9.17, 15) is 4.79 Å². The fourth-order valence-electron chi connectivity index (χ4n) is 3.79. The van der Waals surface area contributed by atoms with Gasteiger partial charge in [0.25, 0.3) is 0 Å². The molecule has 2 bridgehead atoms. The summed E-state index contributed by atoms with van der Waals surface area (Å²) in [5.74, 6) is 1.23. The van der Waals surface area contributed by atoms with Gasteiger partial charge in [0, 0.05) is 5.41 Å².